The molecule has 0 rings (SSSR count). The molecule has 0 aromatic rings. The Balaban J connectivity index is 0. The van der Waals surface area contributed by atoms with Crippen LogP contribution < -0.4 is 0 Å². The zero-order valence-corrected chi connectivity index (χ0v) is 18.4. The van der Waals surface area contributed by atoms with E-state index in [1.54, 1.807) is 0 Å². The van der Waals surface area contributed by atoms with Crippen molar-refractivity contribution in [1.29, 1.82) is 0 Å². The average molecular weight is 352 g/mol. The standard InChI is InChI=1S/2Ca.Cd.Sr.Zn.6H/q2*+2;;+2;;6*-1. The Morgan fingerprint density at radius 2 is 1.00 bits per heavy atom. The fourth-order valence-electron chi connectivity index (χ4n) is 0. The molecule has 0 amide bonds. The van der Waals surface area contributed by atoms with Gasteiger partial charge in [-0.05, 0) is 0 Å². The van der Waals surface area contributed by atoms with E-state index in [0.29, 0.717) is 0 Å². The van der Waals surface area contributed by atoms with E-state index >= 15 is 0 Å². The topological polar surface area (TPSA) is 0 Å². The van der Waals surface area contributed by atoms with Crippen LogP contribution in [0.5, 0.6) is 0 Å². The molecule has 0 atom stereocenters. The summed E-state index contributed by atoms with van der Waals surface area (Å²) in [4.78, 5) is 0. The Labute approximate surface area is 171 Å². The van der Waals surface area contributed by atoms with Crippen molar-refractivity contribution in [3.63, 3.8) is 0 Å². The van der Waals surface area contributed by atoms with Crippen LogP contribution in [0.25, 0.3) is 0 Å². The molecule has 5 heteroatoms. The van der Waals surface area contributed by atoms with Crippen molar-refractivity contribution in [3.05, 3.63) is 0 Å². The van der Waals surface area contributed by atoms with E-state index in [0.717, 1.165) is 0 Å². The Morgan fingerprint density at radius 1 is 1.00 bits per heavy atom. The molecule has 0 heterocycles. The maximum atomic E-state index is 0. The summed E-state index contributed by atoms with van der Waals surface area (Å²) >= 11 is 0. The molecule has 0 radical (unpaired) electrons. The molecule has 0 aromatic heterocycles. The Bertz CT molecular complexity index is 20.5. The predicted molar refractivity (Wildman–Crippen MR) is 23.9 cm³/mol. The summed E-state index contributed by atoms with van der Waals surface area (Å²) in [5, 5.41) is 0. The molecule has 5 heavy (non-hydrogen) atoms. The van der Waals surface area contributed by atoms with Gasteiger partial charge in [0.15, 0.2) is 0 Å². The van der Waals surface area contributed by atoms with E-state index < -0.39 is 0 Å². The van der Waals surface area contributed by atoms with Crippen molar-refractivity contribution in [2.75, 3.05) is 0 Å². The van der Waals surface area contributed by atoms with Crippen LogP contribution in [-0.4, -0.2) is 121 Å². The first-order valence-electron chi connectivity index (χ1n) is 0. The largest absolute Gasteiger partial charge is 2.00 e. The fourth-order valence-corrected chi connectivity index (χ4v) is 0. The molecule has 0 unspecified atom stereocenters. The van der Waals surface area contributed by atoms with Crippen LogP contribution in [0.1, 0.15) is 8.56 Å². The second-order valence-corrected chi connectivity index (χ2v) is 0. The molecule has 0 saturated heterocycles. The second kappa shape index (κ2) is 22.7. The Morgan fingerprint density at radius 3 is 1.00 bits per heavy atom. The first kappa shape index (κ1) is 31.2. The molecule has 0 aromatic carbocycles. The quantitative estimate of drug-likeness (QED) is 0.518. The molecule has 0 nitrogen and oxygen atoms in total. The molecule has 0 spiro atoms. The molecule has 0 bridgehead atoms. The van der Waals surface area contributed by atoms with Crippen LogP contribution in [0.2, 0.25) is 0 Å². The minimum absolute atomic E-state index is 0. The molecule has 0 N–H and O–H groups in total. The van der Waals surface area contributed by atoms with Gasteiger partial charge in [0.25, 0.3) is 0 Å². The average Bonchev–Trinajstić information content (AvgIpc) is 0. The van der Waals surface area contributed by atoms with Crippen molar-refractivity contribution in [2.24, 2.45) is 0 Å². The first-order valence-corrected chi connectivity index (χ1v) is 0. The third-order valence-corrected chi connectivity index (χ3v) is 0. The summed E-state index contributed by atoms with van der Waals surface area (Å²) in [5.74, 6) is 0. The van der Waals surface area contributed by atoms with Crippen molar-refractivity contribution < 1.29 is 55.3 Å². The molecule has 0 aliphatic heterocycles. The zero-order valence-electron chi connectivity index (χ0n) is 9.54. The molecule has 0 saturated carbocycles. The Hall–Kier alpha value is 5.55. The van der Waals surface area contributed by atoms with Crippen LogP contribution in [0, 0.1) is 0 Å². The van der Waals surface area contributed by atoms with Crippen LogP contribution in [-0.2, 0) is 46.8 Å². The zero-order chi connectivity index (χ0) is 0. The molecule has 0 aliphatic rings. The van der Waals surface area contributed by atoms with Crippen LogP contribution in [0.3, 0.4) is 0 Å². The SMILES string of the molecule is [Ca+2].[Ca+2].[Cd].[H-].[H-].[H-].[H-].[H-].[H-].[Sr+2].[Zn]. The fraction of sp³-hybridized carbons (Fsp3) is 0. The van der Waals surface area contributed by atoms with E-state index in [1.165, 1.54) is 0 Å². The van der Waals surface area contributed by atoms with Gasteiger partial charge in [0.2, 0.25) is 0 Å². The normalized spacial score (nSPS) is 0. The van der Waals surface area contributed by atoms with Crippen LogP contribution in [0.15, 0.2) is 0 Å². The molecule has 0 fully saturated rings. The summed E-state index contributed by atoms with van der Waals surface area (Å²) in [6.07, 6.45) is 0. The van der Waals surface area contributed by atoms with Gasteiger partial charge in [0.1, 0.15) is 0 Å². The van der Waals surface area contributed by atoms with E-state index in [-0.39, 0.29) is 176 Å². The molecular formula is H6Ca2CdSrZn. The van der Waals surface area contributed by atoms with Gasteiger partial charge in [0.05, 0.1) is 0 Å². The van der Waals surface area contributed by atoms with Gasteiger partial charge in [0, 0.05) is 46.8 Å². The second-order valence-electron chi connectivity index (χ2n) is 0. The molecular weight excluding hydrogens is 346 g/mol. The van der Waals surface area contributed by atoms with Gasteiger partial charge in [-0.25, -0.2) is 0 Å². The van der Waals surface area contributed by atoms with Crippen LogP contribution in [0.4, 0.5) is 0 Å². The third-order valence-electron chi connectivity index (χ3n) is 0. The Kier molecular flexibility index (Phi) is 142. The van der Waals surface area contributed by atoms with Gasteiger partial charge in [-0.2, -0.15) is 0 Å². The van der Waals surface area contributed by atoms with Gasteiger partial charge in [-0.3, -0.25) is 0 Å². The first-order chi connectivity index (χ1) is 0. The van der Waals surface area contributed by atoms with E-state index in [2.05, 4.69) is 0 Å². The van der Waals surface area contributed by atoms with Crippen molar-refractivity contribution in [2.45, 2.75) is 0 Å². The van der Waals surface area contributed by atoms with Crippen molar-refractivity contribution in [3.8, 4) is 0 Å². The molecule has 16 valence electrons. The number of hydrogen-bond donors (Lipinski definition) is 0. The van der Waals surface area contributed by atoms with Gasteiger partial charge >= 0.3 is 121 Å². The van der Waals surface area contributed by atoms with Gasteiger partial charge in [-0.1, -0.05) is 0 Å². The van der Waals surface area contributed by atoms with Gasteiger partial charge in [-0.15, -0.1) is 0 Å². The van der Waals surface area contributed by atoms with Crippen molar-refractivity contribution >= 4 is 121 Å². The van der Waals surface area contributed by atoms with E-state index in [4.69, 9.17) is 0 Å². The van der Waals surface area contributed by atoms with E-state index in [1.807, 2.05) is 0 Å². The minimum Gasteiger partial charge on any atom is -1.00 e. The smallest absolute Gasteiger partial charge is 1.00 e. The minimum atomic E-state index is 0. The monoisotopic (exact) mass is 352 g/mol. The molecule has 0 aliphatic carbocycles. The summed E-state index contributed by atoms with van der Waals surface area (Å²) in [6, 6.07) is 0. The summed E-state index contributed by atoms with van der Waals surface area (Å²) in [6.45, 7) is 0. The third kappa shape index (κ3) is 17.7. The number of rotatable bonds is 0. The number of hydrogen-bond acceptors (Lipinski definition) is 0. The maximum absolute atomic E-state index is 0. The maximum Gasteiger partial charge on any atom is 2.00 e. The summed E-state index contributed by atoms with van der Waals surface area (Å²) in [5.41, 5.74) is 0. The van der Waals surface area contributed by atoms with E-state index in [9.17, 15) is 0 Å². The van der Waals surface area contributed by atoms with Crippen molar-refractivity contribution in [1.82, 2.24) is 0 Å². The van der Waals surface area contributed by atoms with Gasteiger partial charge < -0.3 is 8.56 Å². The van der Waals surface area contributed by atoms with Crippen LogP contribution >= 0.6 is 0 Å². The summed E-state index contributed by atoms with van der Waals surface area (Å²) in [7, 11) is 0. The predicted octanol–water partition coefficient (Wildman–Crippen LogP) is -0.472. The summed E-state index contributed by atoms with van der Waals surface area (Å²) < 4.78 is 0.